The molecule has 1 amide bonds. The van der Waals surface area contributed by atoms with Crippen molar-refractivity contribution in [3.05, 3.63) is 10.8 Å². The first-order valence-electron chi connectivity index (χ1n) is 6.63. The van der Waals surface area contributed by atoms with Gasteiger partial charge in [-0.2, -0.15) is 4.37 Å². The third-order valence-electron chi connectivity index (χ3n) is 2.98. The lowest BCUT2D eigenvalue weighted by Gasteiger charge is -2.33. The minimum Gasteiger partial charge on any atom is -0.444 e. The molecular formula is C13H21N3O2S. The van der Waals surface area contributed by atoms with Gasteiger partial charge in [-0.3, -0.25) is 0 Å². The second kappa shape index (κ2) is 5.45. The van der Waals surface area contributed by atoms with Crippen LogP contribution < -0.4 is 0 Å². The minimum absolute atomic E-state index is 0.232. The van der Waals surface area contributed by atoms with Crippen LogP contribution in [0.1, 0.15) is 50.4 Å². The highest BCUT2D eigenvalue weighted by Crippen LogP contribution is 2.26. The smallest absolute Gasteiger partial charge is 0.410 e. The summed E-state index contributed by atoms with van der Waals surface area (Å²) in [4.78, 5) is 18.3. The Morgan fingerprint density at radius 1 is 1.47 bits per heavy atom. The summed E-state index contributed by atoms with van der Waals surface area (Å²) < 4.78 is 9.77. The van der Waals surface area contributed by atoms with Crippen molar-refractivity contribution in [3.63, 3.8) is 0 Å². The average Bonchev–Trinajstić information content (AvgIpc) is 2.74. The fourth-order valence-corrected chi connectivity index (χ4v) is 2.71. The van der Waals surface area contributed by atoms with Gasteiger partial charge >= 0.3 is 6.09 Å². The topological polar surface area (TPSA) is 55.3 Å². The monoisotopic (exact) mass is 283 g/mol. The number of likely N-dealkylation sites (tertiary alicyclic amines) is 1. The quantitative estimate of drug-likeness (QED) is 0.795. The van der Waals surface area contributed by atoms with E-state index in [1.807, 2.05) is 27.7 Å². The molecule has 1 aliphatic heterocycles. The maximum atomic E-state index is 12.1. The first-order chi connectivity index (χ1) is 8.85. The van der Waals surface area contributed by atoms with E-state index in [1.54, 1.807) is 4.90 Å². The third kappa shape index (κ3) is 3.89. The van der Waals surface area contributed by atoms with Gasteiger partial charge < -0.3 is 9.64 Å². The van der Waals surface area contributed by atoms with Crippen molar-refractivity contribution in [3.8, 4) is 0 Å². The minimum atomic E-state index is -0.445. The van der Waals surface area contributed by atoms with Crippen LogP contribution >= 0.6 is 11.5 Å². The third-order valence-corrected chi connectivity index (χ3v) is 3.62. The number of hydrogen-bond acceptors (Lipinski definition) is 5. The molecule has 1 fully saturated rings. The van der Waals surface area contributed by atoms with Crippen molar-refractivity contribution >= 4 is 17.6 Å². The lowest BCUT2D eigenvalue weighted by atomic mass is 9.98. The molecule has 0 aromatic carbocycles. The Labute approximate surface area is 118 Å². The molecule has 0 aliphatic carbocycles. The number of piperidine rings is 1. The van der Waals surface area contributed by atoms with Crippen molar-refractivity contribution in [2.75, 3.05) is 13.1 Å². The molecule has 0 spiro atoms. The standard InChI is InChI=1S/C13H21N3O2S/c1-9-14-11(15-19-9)10-6-5-7-16(8-10)12(17)18-13(2,3)4/h10H,5-8H2,1-4H3. The largest absolute Gasteiger partial charge is 0.444 e. The van der Waals surface area contributed by atoms with E-state index in [0.717, 1.165) is 30.2 Å². The van der Waals surface area contributed by atoms with Crippen LogP contribution in [0.4, 0.5) is 4.79 Å². The zero-order valence-corrected chi connectivity index (χ0v) is 12.8. The highest BCUT2D eigenvalue weighted by atomic mass is 32.1. The summed E-state index contributed by atoms with van der Waals surface area (Å²) in [6, 6.07) is 0. The lowest BCUT2D eigenvalue weighted by molar-refractivity contribution is 0.0196. The number of aryl methyl sites for hydroxylation is 1. The van der Waals surface area contributed by atoms with Crippen molar-refractivity contribution < 1.29 is 9.53 Å². The van der Waals surface area contributed by atoms with Gasteiger partial charge in [0, 0.05) is 19.0 Å². The molecule has 1 saturated heterocycles. The molecular weight excluding hydrogens is 262 g/mol. The van der Waals surface area contributed by atoms with Gasteiger partial charge in [0.2, 0.25) is 0 Å². The van der Waals surface area contributed by atoms with Crippen LogP contribution in [0.2, 0.25) is 0 Å². The summed E-state index contributed by atoms with van der Waals surface area (Å²) in [6.07, 6.45) is 1.78. The number of carbonyl (C=O) groups excluding carboxylic acids is 1. The highest BCUT2D eigenvalue weighted by molar-refractivity contribution is 7.05. The Kier molecular flexibility index (Phi) is 4.08. The van der Waals surface area contributed by atoms with E-state index >= 15 is 0 Å². The molecule has 0 saturated carbocycles. The molecule has 0 radical (unpaired) electrons. The summed E-state index contributed by atoms with van der Waals surface area (Å²) in [6.45, 7) is 9.03. The van der Waals surface area contributed by atoms with E-state index in [4.69, 9.17) is 4.74 Å². The molecule has 2 heterocycles. The molecule has 1 unspecified atom stereocenters. The van der Waals surface area contributed by atoms with Gasteiger partial charge in [0.1, 0.15) is 16.4 Å². The van der Waals surface area contributed by atoms with Gasteiger partial charge in [-0.05, 0) is 52.1 Å². The van der Waals surface area contributed by atoms with Gasteiger partial charge in [-0.1, -0.05) is 0 Å². The highest BCUT2D eigenvalue weighted by Gasteiger charge is 2.29. The van der Waals surface area contributed by atoms with Crippen molar-refractivity contribution in [2.24, 2.45) is 0 Å². The molecule has 6 heteroatoms. The Morgan fingerprint density at radius 2 is 2.21 bits per heavy atom. The molecule has 1 aromatic rings. The predicted molar refractivity (Wildman–Crippen MR) is 74.4 cm³/mol. The van der Waals surface area contributed by atoms with Crippen LogP contribution in [0, 0.1) is 6.92 Å². The second-order valence-electron chi connectivity index (χ2n) is 5.94. The van der Waals surface area contributed by atoms with Crippen molar-refractivity contribution in [2.45, 2.75) is 52.1 Å². The molecule has 1 aliphatic rings. The molecule has 2 rings (SSSR count). The van der Waals surface area contributed by atoms with Gasteiger partial charge in [0.15, 0.2) is 0 Å². The van der Waals surface area contributed by atoms with Crippen LogP contribution in [0.15, 0.2) is 0 Å². The number of hydrogen-bond donors (Lipinski definition) is 0. The predicted octanol–water partition coefficient (Wildman–Crippen LogP) is 2.96. The summed E-state index contributed by atoms with van der Waals surface area (Å²) in [7, 11) is 0. The fraction of sp³-hybridized carbons (Fsp3) is 0.769. The molecule has 19 heavy (non-hydrogen) atoms. The average molecular weight is 283 g/mol. The summed E-state index contributed by atoms with van der Waals surface area (Å²) in [5, 5.41) is 0.976. The second-order valence-corrected chi connectivity index (χ2v) is 6.89. The number of carbonyl (C=O) groups is 1. The van der Waals surface area contributed by atoms with E-state index in [2.05, 4.69) is 9.36 Å². The van der Waals surface area contributed by atoms with Crippen LogP contribution in [0.25, 0.3) is 0 Å². The maximum absolute atomic E-state index is 12.1. The molecule has 1 atom stereocenters. The Balaban J connectivity index is 1.99. The lowest BCUT2D eigenvalue weighted by Crippen LogP contribution is -2.42. The number of amides is 1. The van der Waals surface area contributed by atoms with Crippen molar-refractivity contribution in [1.82, 2.24) is 14.3 Å². The molecule has 0 bridgehead atoms. The van der Waals surface area contributed by atoms with Crippen molar-refractivity contribution in [1.29, 1.82) is 0 Å². The van der Waals surface area contributed by atoms with E-state index in [0.29, 0.717) is 6.54 Å². The van der Waals surface area contributed by atoms with Gasteiger partial charge in [-0.25, -0.2) is 9.78 Å². The number of aromatic nitrogens is 2. The first-order valence-corrected chi connectivity index (χ1v) is 7.40. The Morgan fingerprint density at radius 3 is 2.79 bits per heavy atom. The van der Waals surface area contributed by atoms with Gasteiger partial charge in [0.25, 0.3) is 0 Å². The van der Waals surface area contributed by atoms with Gasteiger partial charge in [0.05, 0.1) is 0 Å². The number of nitrogens with zero attached hydrogens (tertiary/aromatic N) is 3. The van der Waals surface area contributed by atoms with Crippen LogP contribution in [-0.2, 0) is 4.74 Å². The summed E-state index contributed by atoms with van der Waals surface area (Å²) in [5.74, 6) is 1.11. The van der Waals surface area contributed by atoms with E-state index in [9.17, 15) is 4.79 Å². The zero-order valence-electron chi connectivity index (χ0n) is 12.0. The molecule has 106 valence electrons. The van der Waals surface area contributed by atoms with E-state index in [-0.39, 0.29) is 12.0 Å². The van der Waals surface area contributed by atoms with Crippen LogP contribution in [0.3, 0.4) is 0 Å². The Hall–Kier alpha value is -1.17. The van der Waals surface area contributed by atoms with Crippen LogP contribution in [0.5, 0.6) is 0 Å². The Bertz CT molecular complexity index is 453. The fourth-order valence-electron chi connectivity index (χ4n) is 2.16. The zero-order chi connectivity index (χ0) is 14.0. The van der Waals surface area contributed by atoms with Gasteiger partial charge in [-0.15, -0.1) is 0 Å². The number of rotatable bonds is 1. The molecule has 5 nitrogen and oxygen atoms in total. The van der Waals surface area contributed by atoms with Crippen LogP contribution in [-0.4, -0.2) is 39.0 Å². The summed E-state index contributed by atoms with van der Waals surface area (Å²) in [5.41, 5.74) is -0.445. The normalized spacial score (nSPS) is 20.4. The first kappa shape index (κ1) is 14.2. The summed E-state index contributed by atoms with van der Waals surface area (Å²) >= 11 is 1.42. The number of ether oxygens (including phenoxy) is 1. The SMILES string of the molecule is Cc1nc(C2CCCN(C(=O)OC(C)(C)C)C2)ns1. The van der Waals surface area contributed by atoms with E-state index in [1.165, 1.54) is 11.5 Å². The molecule has 1 aromatic heterocycles. The molecule has 0 N–H and O–H groups in total. The maximum Gasteiger partial charge on any atom is 0.410 e. The van der Waals surface area contributed by atoms with E-state index < -0.39 is 5.60 Å².